The zero-order valence-corrected chi connectivity index (χ0v) is 9.43. The molecule has 0 spiro atoms. The Bertz CT molecular complexity index is 355. The molecule has 15 heavy (non-hydrogen) atoms. The highest BCUT2D eigenvalue weighted by Gasteiger charge is 2.16. The predicted octanol–water partition coefficient (Wildman–Crippen LogP) is 2.22. The Morgan fingerprint density at radius 2 is 2.13 bits per heavy atom. The quantitative estimate of drug-likeness (QED) is 0.859. The summed E-state index contributed by atoms with van der Waals surface area (Å²) in [6, 6.07) is 3.89. The molecule has 0 fully saturated rings. The van der Waals surface area contributed by atoms with E-state index in [1.807, 2.05) is 12.1 Å². The van der Waals surface area contributed by atoms with Crippen molar-refractivity contribution >= 4 is 11.6 Å². The minimum Gasteiger partial charge on any atom is -0.486 e. The number of hydrogen-bond donors (Lipinski definition) is 1. The molecule has 1 heterocycles. The molecule has 2 rings (SSSR count). The van der Waals surface area contributed by atoms with Gasteiger partial charge in [-0.05, 0) is 24.2 Å². The molecule has 0 amide bonds. The largest absolute Gasteiger partial charge is 0.486 e. The van der Waals surface area contributed by atoms with E-state index in [1.165, 1.54) is 0 Å². The van der Waals surface area contributed by atoms with Crippen LogP contribution >= 0.6 is 11.6 Å². The van der Waals surface area contributed by atoms with Gasteiger partial charge in [0.15, 0.2) is 11.5 Å². The van der Waals surface area contributed by atoms with E-state index in [0.29, 0.717) is 24.0 Å². The summed E-state index contributed by atoms with van der Waals surface area (Å²) in [5.41, 5.74) is 1.12. The Balaban J connectivity index is 2.24. The summed E-state index contributed by atoms with van der Waals surface area (Å²) in [5.74, 6) is 1.42. The summed E-state index contributed by atoms with van der Waals surface area (Å²) >= 11 is 6.09. The van der Waals surface area contributed by atoms with Crippen LogP contribution in [-0.2, 0) is 6.54 Å². The van der Waals surface area contributed by atoms with Gasteiger partial charge >= 0.3 is 0 Å². The molecular formula is C11H14ClNO2. The molecule has 0 saturated carbocycles. The van der Waals surface area contributed by atoms with Crippen molar-refractivity contribution in [1.82, 2.24) is 5.32 Å². The van der Waals surface area contributed by atoms with Gasteiger partial charge in [0, 0.05) is 6.54 Å². The Hall–Kier alpha value is -0.930. The molecule has 0 radical (unpaired) electrons. The van der Waals surface area contributed by atoms with E-state index in [0.717, 1.165) is 24.4 Å². The topological polar surface area (TPSA) is 30.5 Å². The highest BCUT2D eigenvalue weighted by Crippen LogP contribution is 2.38. The van der Waals surface area contributed by atoms with Crippen molar-refractivity contribution in [2.24, 2.45) is 0 Å². The maximum atomic E-state index is 6.09. The minimum atomic E-state index is 0.569. The maximum absolute atomic E-state index is 6.09. The van der Waals surface area contributed by atoms with Crippen LogP contribution in [0.5, 0.6) is 11.5 Å². The number of nitrogens with one attached hydrogen (secondary N) is 1. The van der Waals surface area contributed by atoms with Crippen LogP contribution in [0.1, 0.15) is 12.5 Å². The molecule has 0 bridgehead atoms. The molecule has 3 nitrogen and oxygen atoms in total. The third kappa shape index (κ3) is 2.36. The maximum Gasteiger partial charge on any atom is 0.179 e. The van der Waals surface area contributed by atoms with Crippen LogP contribution in [0, 0.1) is 0 Å². The number of benzene rings is 1. The highest BCUT2D eigenvalue weighted by atomic mass is 35.5. The number of fused-ring (bicyclic) bond motifs is 1. The molecule has 4 heteroatoms. The smallest absolute Gasteiger partial charge is 0.179 e. The first-order valence-corrected chi connectivity index (χ1v) is 5.48. The Kier molecular flexibility index (Phi) is 3.34. The van der Waals surface area contributed by atoms with Crippen molar-refractivity contribution in [1.29, 1.82) is 0 Å². The van der Waals surface area contributed by atoms with Gasteiger partial charge in [-0.2, -0.15) is 0 Å². The molecule has 0 atom stereocenters. The van der Waals surface area contributed by atoms with E-state index in [4.69, 9.17) is 21.1 Å². The summed E-state index contributed by atoms with van der Waals surface area (Å²) in [4.78, 5) is 0. The van der Waals surface area contributed by atoms with Gasteiger partial charge < -0.3 is 14.8 Å². The highest BCUT2D eigenvalue weighted by molar-refractivity contribution is 6.32. The SMILES string of the molecule is CCNCc1cc(Cl)c2c(c1)OCCO2. The molecule has 0 saturated heterocycles. The monoisotopic (exact) mass is 227 g/mol. The number of ether oxygens (including phenoxy) is 2. The molecule has 0 aromatic heterocycles. The normalized spacial score (nSPS) is 14.0. The first kappa shape index (κ1) is 10.6. The third-order valence-electron chi connectivity index (χ3n) is 2.24. The van der Waals surface area contributed by atoms with Gasteiger partial charge in [-0.3, -0.25) is 0 Å². The molecule has 82 valence electrons. The van der Waals surface area contributed by atoms with Crippen molar-refractivity contribution in [3.8, 4) is 11.5 Å². The van der Waals surface area contributed by atoms with Gasteiger partial charge in [-0.1, -0.05) is 18.5 Å². The lowest BCUT2D eigenvalue weighted by atomic mass is 10.2. The summed E-state index contributed by atoms with van der Waals surface area (Å²) in [5, 5.41) is 3.87. The predicted molar refractivity (Wildman–Crippen MR) is 59.8 cm³/mol. The summed E-state index contributed by atoms with van der Waals surface area (Å²) in [6.45, 7) is 4.96. The van der Waals surface area contributed by atoms with E-state index in [-0.39, 0.29) is 0 Å². The second-order valence-electron chi connectivity index (χ2n) is 3.38. The zero-order chi connectivity index (χ0) is 10.7. The van der Waals surface area contributed by atoms with Gasteiger partial charge in [0.25, 0.3) is 0 Å². The van der Waals surface area contributed by atoms with Crippen LogP contribution < -0.4 is 14.8 Å². The summed E-state index contributed by atoms with van der Waals surface area (Å²) < 4.78 is 10.9. The average molecular weight is 228 g/mol. The van der Waals surface area contributed by atoms with Crippen LogP contribution in [0.3, 0.4) is 0 Å². The standard InChI is InChI=1S/C11H14ClNO2/c1-2-13-7-8-5-9(12)11-10(6-8)14-3-4-15-11/h5-6,13H,2-4,7H2,1H3. The van der Waals surface area contributed by atoms with Crippen LogP contribution in [0.4, 0.5) is 0 Å². The Morgan fingerprint density at radius 3 is 2.93 bits per heavy atom. The zero-order valence-electron chi connectivity index (χ0n) is 8.68. The van der Waals surface area contributed by atoms with Gasteiger partial charge in [-0.25, -0.2) is 0 Å². The van der Waals surface area contributed by atoms with Crippen molar-refractivity contribution in [3.63, 3.8) is 0 Å². The molecule has 1 N–H and O–H groups in total. The molecule has 0 unspecified atom stereocenters. The van der Waals surface area contributed by atoms with Crippen molar-refractivity contribution in [3.05, 3.63) is 22.7 Å². The van der Waals surface area contributed by atoms with Crippen LogP contribution in [0.15, 0.2) is 12.1 Å². The number of hydrogen-bond acceptors (Lipinski definition) is 3. The number of halogens is 1. The fourth-order valence-corrected chi connectivity index (χ4v) is 1.82. The average Bonchev–Trinajstić information content (AvgIpc) is 2.26. The lowest BCUT2D eigenvalue weighted by Crippen LogP contribution is -2.17. The van der Waals surface area contributed by atoms with E-state index >= 15 is 0 Å². The second kappa shape index (κ2) is 4.73. The summed E-state index contributed by atoms with van der Waals surface area (Å²) in [7, 11) is 0. The van der Waals surface area contributed by atoms with Gasteiger partial charge in [-0.15, -0.1) is 0 Å². The fraction of sp³-hybridized carbons (Fsp3) is 0.455. The molecule has 1 aromatic rings. The van der Waals surface area contributed by atoms with Gasteiger partial charge in [0.05, 0.1) is 5.02 Å². The second-order valence-corrected chi connectivity index (χ2v) is 3.79. The molecule has 1 aliphatic rings. The van der Waals surface area contributed by atoms with E-state index in [2.05, 4.69) is 12.2 Å². The van der Waals surface area contributed by atoms with E-state index < -0.39 is 0 Å². The van der Waals surface area contributed by atoms with Crippen molar-refractivity contribution < 1.29 is 9.47 Å². The van der Waals surface area contributed by atoms with Crippen LogP contribution in [0.25, 0.3) is 0 Å². The molecular weight excluding hydrogens is 214 g/mol. The number of rotatable bonds is 3. The van der Waals surface area contributed by atoms with E-state index in [9.17, 15) is 0 Å². The Labute approximate surface area is 94.3 Å². The van der Waals surface area contributed by atoms with Gasteiger partial charge in [0.1, 0.15) is 13.2 Å². The first-order chi connectivity index (χ1) is 7.31. The van der Waals surface area contributed by atoms with Crippen molar-refractivity contribution in [2.75, 3.05) is 19.8 Å². The fourth-order valence-electron chi connectivity index (χ4n) is 1.54. The molecule has 1 aromatic carbocycles. The molecule has 1 aliphatic heterocycles. The molecule has 0 aliphatic carbocycles. The third-order valence-corrected chi connectivity index (χ3v) is 2.52. The summed E-state index contributed by atoms with van der Waals surface area (Å²) in [6.07, 6.45) is 0. The minimum absolute atomic E-state index is 0.569. The lowest BCUT2D eigenvalue weighted by Gasteiger charge is -2.20. The van der Waals surface area contributed by atoms with E-state index in [1.54, 1.807) is 0 Å². The van der Waals surface area contributed by atoms with Crippen LogP contribution in [-0.4, -0.2) is 19.8 Å². The van der Waals surface area contributed by atoms with Crippen LogP contribution in [0.2, 0.25) is 5.02 Å². The Morgan fingerprint density at radius 1 is 1.33 bits per heavy atom. The first-order valence-electron chi connectivity index (χ1n) is 5.10. The van der Waals surface area contributed by atoms with Gasteiger partial charge in [0.2, 0.25) is 0 Å². The lowest BCUT2D eigenvalue weighted by molar-refractivity contribution is 0.171. The van der Waals surface area contributed by atoms with Crippen molar-refractivity contribution in [2.45, 2.75) is 13.5 Å².